The first-order valence-corrected chi connectivity index (χ1v) is 7.18. The van der Waals surface area contributed by atoms with Gasteiger partial charge in [-0.2, -0.15) is 0 Å². The molecule has 0 heterocycles. The maximum Gasteiger partial charge on any atom is 0.306 e. The van der Waals surface area contributed by atoms with Crippen LogP contribution >= 0.6 is 0 Å². The Morgan fingerprint density at radius 1 is 1.29 bits per heavy atom. The molecule has 2 rings (SSSR count). The first-order chi connectivity index (χ1) is 9.95. The molecule has 0 spiro atoms. The molecule has 0 saturated heterocycles. The van der Waals surface area contributed by atoms with Gasteiger partial charge in [0.15, 0.2) is 6.61 Å². The Balaban J connectivity index is 1.77. The fourth-order valence-corrected chi connectivity index (χ4v) is 2.56. The fraction of sp³-hybridized carbons (Fsp3) is 0.500. The molecule has 2 unspecified atom stereocenters. The van der Waals surface area contributed by atoms with Crippen LogP contribution in [-0.4, -0.2) is 29.6 Å². The zero-order valence-electron chi connectivity index (χ0n) is 12.4. The van der Waals surface area contributed by atoms with E-state index in [1.54, 1.807) is 0 Å². The van der Waals surface area contributed by atoms with Gasteiger partial charge in [-0.15, -0.1) is 0 Å². The number of amides is 1. The monoisotopic (exact) mass is 291 g/mol. The lowest BCUT2D eigenvalue weighted by atomic mass is 10.1. The van der Waals surface area contributed by atoms with E-state index in [9.17, 15) is 9.59 Å². The standard InChI is InChI=1S/C16H21NO4/c1-10-3-6-14(7-11(10)2)21-9-15(18)17-13-5-4-12(8-13)16(19)20/h3,6-7,12-13H,4-5,8-9H2,1-2H3,(H,17,18)(H,19,20). The number of hydrogen-bond donors (Lipinski definition) is 2. The van der Waals surface area contributed by atoms with Gasteiger partial charge in [-0.05, 0) is 56.4 Å². The van der Waals surface area contributed by atoms with E-state index in [1.807, 2.05) is 32.0 Å². The molecular formula is C16H21NO4. The number of carbonyl (C=O) groups is 2. The molecule has 0 aliphatic heterocycles. The SMILES string of the molecule is Cc1ccc(OCC(=O)NC2CCC(C(=O)O)C2)cc1C. The van der Waals surface area contributed by atoms with Crippen LogP contribution in [0.3, 0.4) is 0 Å². The highest BCUT2D eigenvalue weighted by molar-refractivity contribution is 5.78. The summed E-state index contributed by atoms with van der Waals surface area (Å²) in [5.74, 6) is -0.651. The molecule has 1 fully saturated rings. The van der Waals surface area contributed by atoms with Crippen molar-refractivity contribution in [2.24, 2.45) is 5.92 Å². The van der Waals surface area contributed by atoms with Crippen molar-refractivity contribution >= 4 is 11.9 Å². The van der Waals surface area contributed by atoms with Crippen LogP contribution in [0.5, 0.6) is 5.75 Å². The van der Waals surface area contributed by atoms with Gasteiger partial charge in [0.2, 0.25) is 0 Å². The first-order valence-electron chi connectivity index (χ1n) is 7.18. The second kappa shape index (κ2) is 6.61. The molecule has 1 aliphatic rings. The summed E-state index contributed by atoms with van der Waals surface area (Å²) in [6, 6.07) is 5.64. The zero-order valence-corrected chi connectivity index (χ0v) is 12.4. The van der Waals surface area contributed by atoms with Gasteiger partial charge in [-0.1, -0.05) is 6.07 Å². The topological polar surface area (TPSA) is 75.6 Å². The third-order valence-corrected chi connectivity index (χ3v) is 4.00. The molecule has 1 aromatic rings. The third-order valence-electron chi connectivity index (χ3n) is 4.00. The summed E-state index contributed by atoms with van der Waals surface area (Å²) in [5.41, 5.74) is 2.30. The summed E-state index contributed by atoms with van der Waals surface area (Å²) in [7, 11) is 0. The molecule has 0 bridgehead atoms. The van der Waals surface area contributed by atoms with Crippen molar-refractivity contribution in [2.45, 2.75) is 39.2 Å². The third kappa shape index (κ3) is 4.21. The number of ether oxygens (including phenoxy) is 1. The Morgan fingerprint density at radius 2 is 2.05 bits per heavy atom. The second-order valence-corrected chi connectivity index (χ2v) is 5.65. The summed E-state index contributed by atoms with van der Waals surface area (Å²) in [6.45, 7) is 3.97. The average Bonchev–Trinajstić information content (AvgIpc) is 2.89. The predicted molar refractivity (Wildman–Crippen MR) is 78.3 cm³/mol. The molecule has 5 nitrogen and oxygen atoms in total. The zero-order chi connectivity index (χ0) is 15.4. The van der Waals surface area contributed by atoms with E-state index >= 15 is 0 Å². The minimum atomic E-state index is -0.780. The van der Waals surface area contributed by atoms with Crippen LogP contribution in [0.2, 0.25) is 0 Å². The maximum absolute atomic E-state index is 11.8. The van der Waals surface area contributed by atoms with Crippen molar-refractivity contribution in [2.75, 3.05) is 6.61 Å². The minimum absolute atomic E-state index is 0.0449. The van der Waals surface area contributed by atoms with E-state index in [-0.39, 0.29) is 24.5 Å². The van der Waals surface area contributed by atoms with Crippen molar-refractivity contribution in [1.29, 1.82) is 0 Å². The summed E-state index contributed by atoms with van der Waals surface area (Å²) >= 11 is 0. The Bertz CT molecular complexity index is 541. The van der Waals surface area contributed by atoms with Crippen molar-refractivity contribution in [3.8, 4) is 5.75 Å². The molecule has 2 N–H and O–H groups in total. The molecule has 1 aromatic carbocycles. The van der Waals surface area contributed by atoms with E-state index in [0.717, 1.165) is 5.56 Å². The van der Waals surface area contributed by atoms with Crippen molar-refractivity contribution < 1.29 is 19.4 Å². The number of hydrogen-bond acceptors (Lipinski definition) is 3. The van der Waals surface area contributed by atoms with Gasteiger partial charge < -0.3 is 15.2 Å². The average molecular weight is 291 g/mol. The molecule has 5 heteroatoms. The molecule has 1 saturated carbocycles. The van der Waals surface area contributed by atoms with Crippen LogP contribution in [0.4, 0.5) is 0 Å². The second-order valence-electron chi connectivity index (χ2n) is 5.65. The Morgan fingerprint density at radius 3 is 2.67 bits per heavy atom. The number of carboxylic acid groups (broad SMARTS) is 1. The van der Waals surface area contributed by atoms with E-state index < -0.39 is 5.97 Å². The van der Waals surface area contributed by atoms with Crippen LogP contribution in [0.15, 0.2) is 18.2 Å². The summed E-state index contributed by atoms with van der Waals surface area (Å²) in [6.07, 6.45) is 1.84. The van der Waals surface area contributed by atoms with E-state index in [2.05, 4.69) is 5.32 Å². The molecule has 0 radical (unpaired) electrons. The van der Waals surface area contributed by atoms with Gasteiger partial charge in [0.05, 0.1) is 5.92 Å². The van der Waals surface area contributed by atoms with Gasteiger partial charge in [0.25, 0.3) is 5.91 Å². The van der Waals surface area contributed by atoms with Gasteiger partial charge >= 0.3 is 5.97 Å². The van der Waals surface area contributed by atoms with Crippen molar-refractivity contribution in [3.05, 3.63) is 29.3 Å². The van der Waals surface area contributed by atoms with Gasteiger partial charge in [0.1, 0.15) is 5.75 Å². The normalized spacial score (nSPS) is 21.0. The van der Waals surface area contributed by atoms with Crippen molar-refractivity contribution in [1.82, 2.24) is 5.32 Å². The molecule has 1 amide bonds. The smallest absolute Gasteiger partial charge is 0.306 e. The Hall–Kier alpha value is -2.04. The van der Waals surface area contributed by atoms with Gasteiger partial charge in [0, 0.05) is 6.04 Å². The number of rotatable bonds is 5. The van der Waals surface area contributed by atoms with Crippen LogP contribution < -0.4 is 10.1 Å². The van der Waals surface area contributed by atoms with Gasteiger partial charge in [-0.3, -0.25) is 9.59 Å². The molecular weight excluding hydrogens is 270 g/mol. The highest BCUT2D eigenvalue weighted by Gasteiger charge is 2.30. The maximum atomic E-state index is 11.8. The van der Waals surface area contributed by atoms with Crippen LogP contribution in [0.1, 0.15) is 30.4 Å². The van der Waals surface area contributed by atoms with Crippen LogP contribution in [-0.2, 0) is 9.59 Å². The quantitative estimate of drug-likeness (QED) is 0.870. The number of aliphatic carboxylic acids is 1. The summed E-state index contributed by atoms with van der Waals surface area (Å²) in [5, 5.41) is 11.8. The lowest BCUT2D eigenvalue weighted by Gasteiger charge is -2.13. The minimum Gasteiger partial charge on any atom is -0.484 e. The summed E-state index contributed by atoms with van der Waals surface area (Å²) < 4.78 is 5.46. The fourth-order valence-electron chi connectivity index (χ4n) is 2.56. The molecule has 114 valence electrons. The number of carboxylic acids is 1. The molecule has 2 atom stereocenters. The molecule has 21 heavy (non-hydrogen) atoms. The predicted octanol–water partition coefficient (Wildman–Crippen LogP) is 2.05. The first kappa shape index (κ1) is 15.4. The highest BCUT2D eigenvalue weighted by Crippen LogP contribution is 2.25. The number of carbonyl (C=O) groups excluding carboxylic acids is 1. The van der Waals surface area contributed by atoms with E-state index in [4.69, 9.17) is 9.84 Å². The number of aryl methyl sites for hydroxylation is 2. The van der Waals surface area contributed by atoms with Crippen molar-refractivity contribution in [3.63, 3.8) is 0 Å². The lowest BCUT2D eigenvalue weighted by molar-refractivity contribution is -0.141. The van der Waals surface area contributed by atoms with Crippen LogP contribution in [0.25, 0.3) is 0 Å². The van der Waals surface area contributed by atoms with Gasteiger partial charge in [-0.25, -0.2) is 0 Å². The largest absolute Gasteiger partial charge is 0.484 e. The van der Waals surface area contributed by atoms with Crippen LogP contribution in [0, 0.1) is 19.8 Å². The molecule has 1 aliphatic carbocycles. The number of benzene rings is 1. The number of nitrogens with one attached hydrogen (secondary N) is 1. The lowest BCUT2D eigenvalue weighted by Crippen LogP contribution is -2.36. The Labute approximate surface area is 124 Å². The molecule has 0 aromatic heterocycles. The summed E-state index contributed by atoms with van der Waals surface area (Å²) in [4.78, 5) is 22.7. The van der Waals surface area contributed by atoms with E-state index in [1.165, 1.54) is 5.56 Å². The highest BCUT2D eigenvalue weighted by atomic mass is 16.5. The Kier molecular flexibility index (Phi) is 4.83. The van der Waals surface area contributed by atoms with E-state index in [0.29, 0.717) is 25.0 Å².